The van der Waals surface area contributed by atoms with Crippen molar-refractivity contribution in [3.05, 3.63) is 89.2 Å². The molecule has 4 rings (SSSR count). The van der Waals surface area contributed by atoms with Gasteiger partial charge in [0.05, 0.1) is 12.7 Å². The minimum atomic E-state index is -0.328. The lowest BCUT2D eigenvalue weighted by atomic mass is 10.1. The molecule has 29 heavy (non-hydrogen) atoms. The van der Waals surface area contributed by atoms with Crippen molar-refractivity contribution in [3.8, 4) is 11.5 Å². The fourth-order valence-electron chi connectivity index (χ4n) is 3.33. The largest absolute Gasteiger partial charge is 0.465 e. The van der Waals surface area contributed by atoms with Gasteiger partial charge in [-0.05, 0) is 53.1 Å². The summed E-state index contributed by atoms with van der Waals surface area (Å²) in [6.45, 7) is 2.53. The van der Waals surface area contributed by atoms with Crippen LogP contribution in [0, 0.1) is 0 Å². The van der Waals surface area contributed by atoms with Gasteiger partial charge in [-0.25, -0.2) is 4.79 Å². The molecule has 148 valence electrons. The van der Waals surface area contributed by atoms with Crippen LogP contribution < -0.4 is 9.47 Å². The molecule has 0 spiro atoms. The van der Waals surface area contributed by atoms with Gasteiger partial charge in [0.15, 0.2) is 11.5 Å². The second kappa shape index (κ2) is 8.75. The Balaban J connectivity index is 1.52. The summed E-state index contributed by atoms with van der Waals surface area (Å²) in [5, 5.41) is 0. The first-order valence-corrected chi connectivity index (χ1v) is 9.38. The first-order valence-electron chi connectivity index (χ1n) is 9.38. The topological polar surface area (TPSA) is 60.9 Å². The summed E-state index contributed by atoms with van der Waals surface area (Å²) in [7, 11) is 1.39. The Kier molecular flexibility index (Phi) is 5.72. The molecule has 0 N–H and O–H groups in total. The zero-order valence-corrected chi connectivity index (χ0v) is 16.2. The van der Waals surface area contributed by atoms with Crippen LogP contribution in [0.5, 0.6) is 11.5 Å². The minimum Gasteiger partial charge on any atom is -0.465 e. The molecule has 0 fully saturated rings. The van der Waals surface area contributed by atoms with Crippen molar-refractivity contribution < 1.29 is 19.0 Å². The molecular formula is C23H22N2O4. The number of methoxy groups -OCH3 is 1. The molecule has 6 nitrogen and oxygen atoms in total. The second-order valence-electron chi connectivity index (χ2n) is 6.88. The van der Waals surface area contributed by atoms with Crippen LogP contribution in [0.4, 0.5) is 0 Å². The highest BCUT2D eigenvalue weighted by atomic mass is 16.7. The number of aromatic nitrogens is 1. The third kappa shape index (κ3) is 4.73. The van der Waals surface area contributed by atoms with Gasteiger partial charge in [0.1, 0.15) is 0 Å². The van der Waals surface area contributed by atoms with Crippen molar-refractivity contribution in [3.63, 3.8) is 0 Å². The highest BCUT2D eigenvalue weighted by molar-refractivity contribution is 5.89. The number of fused-ring (bicyclic) bond motifs is 1. The Hall–Kier alpha value is -3.38. The number of nitrogens with zero attached hydrogens (tertiary/aromatic N) is 2. The maximum atomic E-state index is 11.7. The van der Waals surface area contributed by atoms with Crippen molar-refractivity contribution in [1.29, 1.82) is 0 Å². The summed E-state index contributed by atoms with van der Waals surface area (Å²) in [6, 6.07) is 17.6. The van der Waals surface area contributed by atoms with E-state index in [9.17, 15) is 4.79 Å². The number of hydrogen-bond acceptors (Lipinski definition) is 6. The minimum absolute atomic E-state index is 0.270. The van der Waals surface area contributed by atoms with Crippen LogP contribution in [-0.4, -0.2) is 29.8 Å². The molecule has 2 aromatic carbocycles. The number of ether oxygens (including phenoxy) is 3. The van der Waals surface area contributed by atoms with Gasteiger partial charge in [-0.1, -0.05) is 18.2 Å². The molecular weight excluding hydrogens is 368 g/mol. The zero-order valence-electron chi connectivity index (χ0n) is 16.2. The Morgan fingerprint density at radius 2 is 1.52 bits per heavy atom. The molecule has 0 atom stereocenters. The number of carbonyl (C=O) groups is 1. The molecule has 0 saturated carbocycles. The standard InChI is InChI=1S/C23H22N2O4/c1-27-23(26)20-5-2-17(3-6-20)13-25(14-18-8-10-24-11-9-18)15-19-4-7-21-22(12-19)29-16-28-21/h2-12H,13-16H2,1H3. The SMILES string of the molecule is COC(=O)c1ccc(CN(Cc2ccncc2)Cc2ccc3c(c2)OCO3)cc1. The van der Waals surface area contributed by atoms with E-state index >= 15 is 0 Å². The molecule has 0 unspecified atom stereocenters. The maximum Gasteiger partial charge on any atom is 0.337 e. The fourth-order valence-corrected chi connectivity index (χ4v) is 3.33. The van der Waals surface area contributed by atoms with Crippen LogP contribution in [0.2, 0.25) is 0 Å². The van der Waals surface area contributed by atoms with E-state index in [2.05, 4.69) is 16.0 Å². The van der Waals surface area contributed by atoms with Gasteiger partial charge in [0, 0.05) is 32.0 Å². The van der Waals surface area contributed by atoms with Crippen molar-refractivity contribution in [1.82, 2.24) is 9.88 Å². The Morgan fingerprint density at radius 1 is 0.897 bits per heavy atom. The van der Waals surface area contributed by atoms with E-state index in [4.69, 9.17) is 14.2 Å². The highest BCUT2D eigenvalue weighted by Crippen LogP contribution is 2.33. The molecule has 0 amide bonds. The van der Waals surface area contributed by atoms with Crippen LogP contribution in [0.25, 0.3) is 0 Å². The number of carbonyl (C=O) groups excluding carboxylic acids is 1. The Morgan fingerprint density at radius 3 is 2.24 bits per heavy atom. The van der Waals surface area contributed by atoms with Gasteiger partial charge in [-0.3, -0.25) is 9.88 Å². The summed E-state index contributed by atoms with van der Waals surface area (Å²) in [6.07, 6.45) is 3.61. The fraction of sp³-hybridized carbons (Fsp3) is 0.217. The average Bonchev–Trinajstić information content (AvgIpc) is 3.22. The smallest absolute Gasteiger partial charge is 0.337 e. The first kappa shape index (κ1) is 19.0. The zero-order chi connectivity index (χ0) is 20.1. The number of rotatable bonds is 7. The summed E-state index contributed by atoms with van der Waals surface area (Å²) < 4.78 is 15.7. The summed E-state index contributed by atoms with van der Waals surface area (Å²) >= 11 is 0. The summed E-state index contributed by atoms with van der Waals surface area (Å²) in [5.41, 5.74) is 4.00. The maximum absolute atomic E-state index is 11.7. The molecule has 3 aromatic rings. The van der Waals surface area contributed by atoms with Gasteiger partial charge in [0.2, 0.25) is 6.79 Å². The predicted octanol–water partition coefficient (Wildman–Crippen LogP) is 3.80. The van der Waals surface area contributed by atoms with Gasteiger partial charge in [-0.15, -0.1) is 0 Å². The van der Waals surface area contributed by atoms with Crippen LogP contribution >= 0.6 is 0 Å². The monoisotopic (exact) mass is 390 g/mol. The number of benzene rings is 2. The van der Waals surface area contributed by atoms with Crippen molar-refractivity contribution >= 4 is 5.97 Å². The molecule has 0 bridgehead atoms. The summed E-state index contributed by atoms with van der Waals surface area (Å²) in [5.74, 6) is 1.24. The van der Waals surface area contributed by atoms with Gasteiger partial charge in [-0.2, -0.15) is 0 Å². The lowest BCUT2D eigenvalue weighted by Crippen LogP contribution is -2.22. The molecule has 1 aliphatic rings. The molecule has 0 saturated heterocycles. The molecule has 1 aromatic heterocycles. The predicted molar refractivity (Wildman–Crippen MR) is 108 cm³/mol. The van der Waals surface area contributed by atoms with E-state index in [1.807, 2.05) is 36.4 Å². The van der Waals surface area contributed by atoms with E-state index in [0.29, 0.717) is 5.56 Å². The molecule has 2 heterocycles. The van der Waals surface area contributed by atoms with Crippen LogP contribution in [0.3, 0.4) is 0 Å². The molecule has 0 radical (unpaired) electrons. The number of esters is 1. The van der Waals surface area contributed by atoms with Gasteiger partial charge < -0.3 is 14.2 Å². The first-order chi connectivity index (χ1) is 14.2. The third-order valence-corrected chi connectivity index (χ3v) is 4.78. The number of hydrogen-bond donors (Lipinski definition) is 0. The van der Waals surface area contributed by atoms with Gasteiger partial charge in [0.25, 0.3) is 0 Å². The average molecular weight is 390 g/mol. The van der Waals surface area contributed by atoms with Crippen molar-refractivity contribution in [2.45, 2.75) is 19.6 Å². The highest BCUT2D eigenvalue weighted by Gasteiger charge is 2.15. The van der Waals surface area contributed by atoms with Crippen LogP contribution in [0.15, 0.2) is 67.0 Å². The normalized spacial score (nSPS) is 12.2. The second-order valence-corrected chi connectivity index (χ2v) is 6.88. The number of pyridine rings is 1. The van der Waals surface area contributed by atoms with Crippen molar-refractivity contribution in [2.24, 2.45) is 0 Å². The van der Waals surface area contributed by atoms with Crippen LogP contribution in [-0.2, 0) is 24.4 Å². The molecule has 1 aliphatic heterocycles. The van der Waals surface area contributed by atoms with E-state index in [1.54, 1.807) is 24.5 Å². The van der Waals surface area contributed by atoms with E-state index in [1.165, 1.54) is 12.7 Å². The summed E-state index contributed by atoms with van der Waals surface area (Å²) in [4.78, 5) is 18.1. The molecule has 6 heteroatoms. The quantitative estimate of drug-likeness (QED) is 0.572. The van der Waals surface area contributed by atoms with Crippen LogP contribution in [0.1, 0.15) is 27.0 Å². The molecule has 0 aliphatic carbocycles. The third-order valence-electron chi connectivity index (χ3n) is 4.78. The lowest BCUT2D eigenvalue weighted by molar-refractivity contribution is 0.0600. The Bertz CT molecular complexity index is 974. The lowest BCUT2D eigenvalue weighted by Gasteiger charge is -2.23. The Labute approximate surface area is 169 Å². The van der Waals surface area contributed by atoms with Gasteiger partial charge >= 0.3 is 5.97 Å². The van der Waals surface area contributed by atoms with E-state index < -0.39 is 0 Å². The van der Waals surface area contributed by atoms with E-state index in [0.717, 1.165) is 42.3 Å². The van der Waals surface area contributed by atoms with Crippen molar-refractivity contribution in [2.75, 3.05) is 13.9 Å². The van der Waals surface area contributed by atoms with E-state index in [-0.39, 0.29) is 12.8 Å².